The van der Waals surface area contributed by atoms with E-state index in [0.717, 1.165) is 37.0 Å². The van der Waals surface area contributed by atoms with Crippen LogP contribution in [0.15, 0.2) is 23.7 Å². The fraction of sp³-hybridized carbons (Fsp3) is 0.467. The summed E-state index contributed by atoms with van der Waals surface area (Å²) in [6.07, 6.45) is 0.879. The molecule has 4 nitrogen and oxygen atoms in total. The van der Waals surface area contributed by atoms with Crippen molar-refractivity contribution in [2.75, 3.05) is 5.32 Å². The van der Waals surface area contributed by atoms with Gasteiger partial charge in [0, 0.05) is 17.6 Å². The van der Waals surface area contributed by atoms with Gasteiger partial charge in [0.1, 0.15) is 5.69 Å². The number of hydrogen-bond acceptors (Lipinski definition) is 3. The molecule has 124 valence electrons. The van der Waals surface area contributed by atoms with E-state index in [-0.39, 0.29) is 16.7 Å². The zero-order chi connectivity index (χ0) is 16.4. The Morgan fingerprint density at radius 1 is 1.39 bits per heavy atom. The number of aromatic nitrogens is 2. The number of hydrogen-bond donors (Lipinski definition) is 1. The number of nitrogens with zero attached hydrogens (tertiary/aromatic N) is 2. The second-order valence-electron chi connectivity index (χ2n) is 5.63. The monoisotopic (exact) mass is 343 g/mol. The maximum absolute atomic E-state index is 12.4. The van der Waals surface area contributed by atoms with E-state index in [1.807, 2.05) is 16.8 Å². The van der Waals surface area contributed by atoms with Crippen LogP contribution in [0.4, 0.5) is 18.3 Å². The second kappa shape index (κ2) is 6.35. The summed E-state index contributed by atoms with van der Waals surface area (Å²) in [7, 11) is 0. The number of halogens is 3. The van der Waals surface area contributed by atoms with E-state index < -0.39 is 12.6 Å². The molecule has 0 bridgehead atoms. The van der Waals surface area contributed by atoms with Crippen molar-refractivity contribution in [3.63, 3.8) is 0 Å². The van der Waals surface area contributed by atoms with Gasteiger partial charge in [-0.25, -0.2) is 4.98 Å². The molecular formula is C15H16F3N3OS. The lowest BCUT2D eigenvalue weighted by Crippen LogP contribution is -2.19. The summed E-state index contributed by atoms with van der Waals surface area (Å²) in [6.45, 7) is 0. The number of carbonyl (C=O) groups is 1. The maximum Gasteiger partial charge on any atom is 0.394 e. The zero-order valence-corrected chi connectivity index (χ0v) is 13.1. The van der Waals surface area contributed by atoms with E-state index in [2.05, 4.69) is 10.3 Å². The lowest BCUT2D eigenvalue weighted by Gasteiger charge is -2.15. The molecule has 8 heteroatoms. The minimum Gasteiger partial charge on any atom is -0.340 e. The lowest BCUT2D eigenvalue weighted by atomic mass is 10.2. The number of amides is 1. The van der Waals surface area contributed by atoms with Gasteiger partial charge in [0.15, 0.2) is 5.13 Å². The second-order valence-corrected chi connectivity index (χ2v) is 6.49. The van der Waals surface area contributed by atoms with Crippen molar-refractivity contribution in [2.45, 2.75) is 44.3 Å². The fourth-order valence-electron chi connectivity index (χ4n) is 2.90. The highest BCUT2D eigenvalue weighted by Gasteiger charge is 2.29. The van der Waals surface area contributed by atoms with Crippen molar-refractivity contribution in [3.05, 3.63) is 35.1 Å². The standard InChI is InChI=1S/C15H16F3N3OS/c16-15(17,18)8-10-9-23-14(19-10)20-13(22)12-6-3-7-21(12)11-4-1-2-5-11/h3,6-7,9,11H,1-2,4-5,8H2,(H,19,20,22). The topological polar surface area (TPSA) is 46.9 Å². The minimum atomic E-state index is -4.30. The highest BCUT2D eigenvalue weighted by atomic mass is 32.1. The number of anilines is 1. The Bertz CT molecular complexity index is 686. The van der Waals surface area contributed by atoms with Crippen molar-refractivity contribution < 1.29 is 18.0 Å². The highest BCUT2D eigenvalue weighted by molar-refractivity contribution is 7.13. The summed E-state index contributed by atoms with van der Waals surface area (Å²) in [5, 5.41) is 4.10. The van der Waals surface area contributed by atoms with Crippen molar-refractivity contribution in [3.8, 4) is 0 Å². The minimum absolute atomic E-state index is 0.0797. The van der Waals surface area contributed by atoms with Gasteiger partial charge in [-0.3, -0.25) is 10.1 Å². The van der Waals surface area contributed by atoms with Crippen molar-refractivity contribution in [1.29, 1.82) is 0 Å². The Balaban J connectivity index is 1.69. The molecule has 0 aromatic carbocycles. The third-order valence-electron chi connectivity index (χ3n) is 3.88. The Hall–Kier alpha value is -1.83. The van der Waals surface area contributed by atoms with Gasteiger partial charge in [-0.2, -0.15) is 13.2 Å². The van der Waals surface area contributed by atoms with Gasteiger partial charge in [0.25, 0.3) is 5.91 Å². The summed E-state index contributed by atoms with van der Waals surface area (Å²) in [6, 6.07) is 3.85. The Labute approximate surface area is 135 Å². The first kappa shape index (κ1) is 16.0. The molecule has 0 radical (unpaired) electrons. The van der Waals surface area contributed by atoms with Crippen LogP contribution in [0.5, 0.6) is 0 Å². The van der Waals surface area contributed by atoms with E-state index >= 15 is 0 Å². The van der Waals surface area contributed by atoms with Crippen LogP contribution in [0.1, 0.15) is 47.9 Å². The molecule has 3 rings (SSSR count). The summed E-state index contributed by atoms with van der Waals surface area (Å²) in [5.74, 6) is -0.338. The number of rotatable bonds is 4. The van der Waals surface area contributed by atoms with Crippen LogP contribution in [0.2, 0.25) is 0 Å². The summed E-state index contributed by atoms with van der Waals surface area (Å²) >= 11 is 1.00. The third-order valence-corrected chi connectivity index (χ3v) is 4.69. The molecule has 1 aliphatic carbocycles. The van der Waals surface area contributed by atoms with Gasteiger partial charge in [-0.05, 0) is 25.0 Å². The van der Waals surface area contributed by atoms with Crippen LogP contribution in [0, 0.1) is 0 Å². The highest BCUT2D eigenvalue weighted by Crippen LogP contribution is 2.31. The summed E-state index contributed by atoms with van der Waals surface area (Å²) < 4.78 is 39.0. The Morgan fingerprint density at radius 2 is 2.13 bits per heavy atom. The molecule has 0 spiro atoms. The molecule has 0 saturated heterocycles. The first-order valence-electron chi connectivity index (χ1n) is 7.42. The zero-order valence-electron chi connectivity index (χ0n) is 12.3. The Morgan fingerprint density at radius 3 is 2.83 bits per heavy atom. The molecule has 2 aromatic rings. The van der Waals surface area contributed by atoms with E-state index in [0.29, 0.717) is 11.7 Å². The molecule has 1 amide bonds. The molecule has 1 N–H and O–H groups in total. The maximum atomic E-state index is 12.4. The smallest absolute Gasteiger partial charge is 0.340 e. The molecule has 1 fully saturated rings. The number of nitrogens with one attached hydrogen (secondary N) is 1. The molecule has 0 aliphatic heterocycles. The van der Waals surface area contributed by atoms with Gasteiger partial charge in [-0.1, -0.05) is 12.8 Å². The van der Waals surface area contributed by atoms with Gasteiger partial charge in [-0.15, -0.1) is 11.3 Å². The average Bonchev–Trinajstić information content (AvgIpc) is 3.17. The van der Waals surface area contributed by atoms with E-state index in [1.165, 1.54) is 5.38 Å². The van der Waals surface area contributed by atoms with Crippen molar-refractivity contribution >= 4 is 22.4 Å². The molecule has 1 aliphatic rings. The van der Waals surface area contributed by atoms with Crippen LogP contribution < -0.4 is 5.32 Å². The summed E-state index contributed by atoms with van der Waals surface area (Å²) in [5.41, 5.74) is 0.438. The third kappa shape index (κ3) is 3.93. The SMILES string of the molecule is O=C(Nc1nc(CC(F)(F)F)cs1)c1cccn1C1CCCC1. The van der Waals surface area contributed by atoms with E-state index in [1.54, 1.807) is 6.07 Å². The number of alkyl halides is 3. The molecule has 0 atom stereocenters. The van der Waals surface area contributed by atoms with Gasteiger partial charge in [0.2, 0.25) is 0 Å². The van der Waals surface area contributed by atoms with Gasteiger partial charge < -0.3 is 4.57 Å². The summed E-state index contributed by atoms with van der Waals surface area (Å²) in [4.78, 5) is 16.2. The van der Waals surface area contributed by atoms with E-state index in [4.69, 9.17) is 0 Å². The molecule has 2 aromatic heterocycles. The molecule has 23 heavy (non-hydrogen) atoms. The van der Waals surface area contributed by atoms with Crippen LogP contribution in [-0.2, 0) is 6.42 Å². The molecule has 1 saturated carbocycles. The predicted molar refractivity (Wildman–Crippen MR) is 81.8 cm³/mol. The molecule has 0 unspecified atom stereocenters. The fourth-order valence-corrected chi connectivity index (χ4v) is 3.60. The first-order chi connectivity index (χ1) is 10.9. The first-order valence-corrected chi connectivity index (χ1v) is 8.30. The van der Waals surface area contributed by atoms with Crippen LogP contribution in [-0.4, -0.2) is 21.6 Å². The molecular weight excluding hydrogens is 327 g/mol. The van der Waals surface area contributed by atoms with Gasteiger partial charge >= 0.3 is 6.18 Å². The van der Waals surface area contributed by atoms with Crippen molar-refractivity contribution in [2.24, 2.45) is 0 Å². The van der Waals surface area contributed by atoms with Crippen LogP contribution in [0.3, 0.4) is 0 Å². The van der Waals surface area contributed by atoms with E-state index in [9.17, 15) is 18.0 Å². The largest absolute Gasteiger partial charge is 0.394 e. The predicted octanol–water partition coefficient (Wildman–Crippen LogP) is 4.42. The number of thiazole rings is 1. The Kier molecular flexibility index (Phi) is 4.43. The molecule has 2 heterocycles. The van der Waals surface area contributed by atoms with Crippen LogP contribution in [0.25, 0.3) is 0 Å². The van der Waals surface area contributed by atoms with Crippen molar-refractivity contribution in [1.82, 2.24) is 9.55 Å². The van der Waals surface area contributed by atoms with Gasteiger partial charge in [0.05, 0.1) is 12.1 Å². The normalized spacial score (nSPS) is 16.0. The number of carbonyl (C=O) groups excluding carboxylic acids is 1. The lowest BCUT2D eigenvalue weighted by molar-refractivity contribution is -0.127. The average molecular weight is 343 g/mol. The van der Waals surface area contributed by atoms with Crippen LogP contribution >= 0.6 is 11.3 Å². The quantitative estimate of drug-likeness (QED) is 0.893.